The maximum atomic E-state index is 13.0. The third-order valence-electron chi connectivity index (χ3n) is 4.88. The first kappa shape index (κ1) is 19.2. The van der Waals surface area contributed by atoms with E-state index in [9.17, 15) is 9.90 Å². The number of nitrogens with zero attached hydrogens (tertiary/aromatic N) is 2. The van der Waals surface area contributed by atoms with Gasteiger partial charge in [-0.2, -0.15) is 5.10 Å². The van der Waals surface area contributed by atoms with Gasteiger partial charge in [-0.1, -0.05) is 58.4 Å². The monoisotopic (exact) mass is 449 g/mol. The van der Waals surface area contributed by atoms with Crippen LogP contribution in [0.4, 0.5) is 0 Å². The molecule has 29 heavy (non-hydrogen) atoms. The SMILES string of the molecule is CN(Cc1ccc(Br)cc1)C(=O)c1cc2c(Cc3ccccc3)n[nH]c2cc1O. The van der Waals surface area contributed by atoms with Crippen LogP contribution in [0.2, 0.25) is 0 Å². The van der Waals surface area contributed by atoms with Crippen molar-refractivity contribution in [2.24, 2.45) is 0 Å². The molecular formula is C23H20BrN3O2. The van der Waals surface area contributed by atoms with E-state index in [1.165, 1.54) is 0 Å². The van der Waals surface area contributed by atoms with E-state index < -0.39 is 0 Å². The van der Waals surface area contributed by atoms with Gasteiger partial charge in [0.2, 0.25) is 0 Å². The summed E-state index contributed by atoms with van der Waals surface area (Å²) in [5.41, 5.74) is 3.97. The van der Waals surface area contributed by atoms with Crippen LogP contribution in [-0.2, 0) is 13.0 Å². The van der Waals surface area contributed by atoms with Crippen molar-refractivity contribution in [2.75, 3.05) is 7.05 Å². The maximum Gasteiger partial charge on any atom is 0.257 e. The predicted molar refractivity (Wildman–Crippen MR) is 117 cm³/mol. The highest BCUT2D eigenvalue weighted by atomic mass is 79.9. The Morgan fingerprint density at radius 2 is 1.79 bits per heavy atom. The minimum Gasteiger partial charge on any atom is -0.507 e. The fourth-order valence-electron chi connectivity index (χ4n) is 3.34. The number of aromatic hydroxyl groups is 1. The summed E-state index contributed by atoms with van der Waals surface area (Å²) in [5.74, 6) is -0.292. The highest BCUT2D eigenvalue weighted by Crippen LogP contribution is 2.28. The molecule has 0 aliphatic carbocycles. The number of hydrogen-bond acceptors (Lipinski definition) is 3. The van der Waals surface area contributed by atoms with Crippen LogP contribution in [0.15, 0.2) is 71.2 Å². The number of benzene rings is 3. The number of H-pyrrole nitrogens is 1. The van der Waals surface area contributed by atoms with Gasteiger partial charge in [0, 0.05) is 35.9 Å². The zero-order valence-electron chi connectivity index (χ0n) is 15.9. The molecule has 0 bridgehead atoms. The molecule has 0 saturated carbocycles. The van der Waals surface area contributed by atoms with Crippen molar-refractivity contribution in [1.29, 1.82) is 0 Å². The van der Waals surface area contributed by atoms with Gasteiger partial charge in [-0.05, 0) is 29.3 Å². The fourth-order valence-corrected chi connectivity index (χ4v) is 3.61. The van der Waals surface area contributed by atoms with E-state index in [-0.39, 0.29) is 17.2 Å². The lowest BCUT2D eigenvalue weighted by atomic mass is 10.0. The number of carbonyl (C=O) groups excluding carboxylic acids is 1. The number of fused-ring (bicyclic) bond motifs is 1. The van der Waals surface area contributed by atoms with Crippen molar-refractivity contribution < 1.29 is 9.90 Å². The summed E-state index contributed by atoms with van der Waals surface area (Å²) < 4.78 is 0.990. The number of aromatic amines is 1. The third kappa shape index (κ3) is 4.17. The van der Waals surface area contributed by atoms with E-state index in [1.54, 1.807) is 24.1 Å². The van der Waals surface area contributed by atoms with E-state index in [1.807, 2.05) is 54.6 Å². The summed E-state index contributed by atoms with van der Waals surface area (Å²) in [6.07, 6.45) is 0.647. The molecule has 0 unspecified atom stereocenters. The fraction of sp³-hybridized carbons (Fsp3) is 0.130. The second-order valence-electron chi connectivity index (χ2n) is 7.04. The first-order valence-electron chi connectivity index (χ1n) is 9.25. The smallest absolute Gasteiger partial charge is 0.257 e. The Kier molecular flexibility index (Phi) is 5.36. The lowest BCUT2D eigenvalue weighted by molar-refractivity contribution is 0.0782. The van der Waals surface area contributed by atoms with Gasteiger partial charge in [0.1, 0.15) is 5.75 Å². The number of hydrogen-bond donors (Lipinski definition) is 2. The van der Waals surface area contributed by atoms with Crippen LogP contribution in [0.3, 0.4) is 0 Å². The summed E-state index contributed by atoms with van der Waals surface area (Å²) in [6, 6.07) is 21.1. The Morgan fingerprint density at radius 1 is 1.07 bits per heavy atom. The normalized spacial score (nSPS) is 11.0. The van der Waals surface area contributed by atoms with Crippen LogP contribution in [0, 0.1) is 0 Å². The molecule has 0 spiro atoms. The van der Waals surface area contributed by atoms with Gasteiger partial charge in [0.05, 0.1) is 16.8 Å². The molecule has 4 rings (SSSR count). The van der Waals surface area contributed by atoms with Gasteiger partial charge in [0.15, 0.2) is 0 Å². The van der Waals surface area contributed by atoms with Gasteiger partial charge in [0.25, 0.3) is 5.91 Å². The van der Waals surface area contributed by atoms with Crippen LogP contribution >= 0.6 is 15.9 Å². The summed E-state index contributed by atoms with van der Waals surface area (Å²) in [7, 11) is 1.73. The number of halogens is 1. The van der Waals surface area contributed by atoms with Gasteiger partial charge in [-0.15, -0.1) is 0 Å². The highest BCUT2D eigenvalue weighted by Gasteiger charge is 2.19. The molecule has 0 saturated heterocycles. The average Bonchev–Trinajstić information content (AvgIpc) is 3.10. The van der Waals surface area contributed by atoms with Crippen LogP contribution in [0.5, 0.6) is 5.75 Å². The third-order valence-corrected chi connectivity index (χ3v) is 5.41. The summed E-state index contributed by atoms with van der Waals surface area (Å²) in [6.45, 7) is 0.450. The van der Waals surface area contributed by atoms with E-state index in [2.05, 4.69) is 26.1 Å². The number of nitrogens with one attached hydrogen (secondary N) is 1. The van der Waals surface area contributed by atoms with Crippen molar-refractivity contribution in [3.8, 4) is 5.75 Å². The maximum absolute atomic E-state index is 13.0. The Bertz CT molecular complexity index is 1150. The highest BCUT2D eigenvalue weighted by molar-refractivity contribution is 9.10. The van der Waals surface area contributed by atoms with E-state index in [0.717, 1.165) is 26.7 Å². The van der Waals surface area contributed by atoms with Crippen molar-refractivity contribution in [3.63, 3.8) is 0 Å². The van der Waals surface area contributed by atoms with Crippen LogP contribution in [0.1, 0.15) is 27.2 Å². The molecule has 0 aliphatic rings. The molecule has 6 heteroatoms. The molecule has 1 amide bonds. The topological polar surface area (TPSA) is 69.2 Å². The quantitative estimate of drug-likeness (QED) is 0.455. The minimum absolute atomic E-state index is 0.0555. The van der Waals surface area contributed by atoms with Crippen molar-refractivity contribution in [3.05, 3.63) is 93.6 Å². The summed E-state index contributed by atoms with van der Waals surface area (Å²) in [5, 5.41) is 18.6. The molecule has 5 nitrogen and oxygen atoms in total. The Hall–Kier alpha value is -3.12. The lowest BCUT2D eigenvalue weighted by Crippen LogP contribution is -2.26. The molecule has 0 fully saturated rings. The van der Waals surface area contributed by atoms with E-state index in [0.29, 0.717) is 18.5 Å². The number of amides is 1. The van der Waals surface area contributed by atoms with Gasteiger partial charge in [-0.25, -0.2) is 0 Å². The molecule has 1 heterocycles. The molecule has 4 aromatic rings. The van der Waals surface area contributed by atoms with Crippen molar-refractivity contribution in [1.82, 2.24) is 15.1 Å². The Labute approximate surface area is 177 Å². The lowest BCUT2D eigenvalue weighted by Gasteiger charge is -2.18. The number of phenolic OH excluding ortho intramolecular Hbond substituents is 1. The predicted octanol–water partition coefficient (Wildman–Crippen LogP) is 4.89. The van der Waals surface area contributed by atoms with Gasteiger partial charge < -0.3 is 10.0 Å². The largest absolute Gasteiger partial charge is 0.507 e. The molecule has 146 valence electrons. The Balaban J connectivity index is 1.62. The number of aromatic nitrogens is 2. The minimum atomic E-state index is -0.237. The van der Waals surface area contributed by atoms with E-state index >= 15 is 0 Å². The van der Waals surface area contributed by atoms with Crippen molar-refractivity contribution in [2.45, 2.75) is 13.0 Å². The average molecular weight is 450 g/mol. The zero-order chi connectivity index (χ0) is 20.4. The number of rotatable bonds is 5. The van der Waals surface area contributed by atoms with Gasteiger partial charge >= 0.3 is 0 Å². The Morgan fingerprint density at radius 3 is 2.52 bits per heavy atom. The molecule has 2 N–H and O–H groups in total. The van der Waals surface area contributed by atoms with Crippen molar-refractivity contribution >= 4 is 32.7 Å². The second kappa shape index (κ2) is 8.09. The zero-order valence-corrected chi connectivity index (χ0v) is 17.5. The second-order valence-corrected chi connectivity index (χ2v) is 7.95. The molecule has 0 aliphatic heterocycles. The van der Waals surface area contributed by atoms with Crippen LogP contribution in [-0.4, -0.2) is 33.2 Å². The summed E-state index contributed by atoms with van der Waals surface area (Å²) in [4.78, 5) is 14.6. The molecule has 0 radical (unpaired) electrons. The molecule has 3 aromatic carbocycles. The van der Waals surface area contributed by atoms with Crippen LogP contribution < -0.4 is 0 Å². The number of carbonyl (C=O) groups is 1. The van der Waals surface area contributed by atoms with Crippen LogP contribution in [0.25, 0.3) is 10.9 Å². The standard InChI is InChI=1S/C23H20BrN3O2/c1-27(14-16-7-9-17(24)10-8-16)23(29)19-12-18-20(11-15-5-3-2-4-6-15)25-26-21(18)13-22(19)28/h2-10,12-13,28H,11,14H2,1H3,(H,25,26). The van der Waals surface area contributed by atoms with Gasteiger partial charge in [-0.3, -0.25) is 9.89 Å². The molecule has 1 aromatic heterocycles. The first-order valence-corrected chi connectivity index (χ1v) is 10.0. The summed E-state index contributed by atoms with van der Waals surface area (Å²) >= 11 is 3.41. The molecule has 0 atom stereocenters. The first-order chi connectivity index (χ1) is 14.0. The van der Waals surface area contributed by atoms with E-state index in [4.69, 9.17) is 0 Å². The number of phenols is 1. The molecular weight excluding hydrogens is 430 g/mol.